The first-order valence-electron chi connectivity index (χ1n) is 7.21. The van der Waals surface area contributed by atoms with Crippen molar-refractivity contribution >= 4 is 15.9 Å². The van der Waals surface area contributed by atoms with Gasteiger partial charge in [0.1, 0.15) is 12.4 Å². The Morgan fingerprint density at radius 3 is 2.71 bits per heavy atom. The van der Waals surface area contributed by atoms with E-state index in [1.807, 2.05) is 22.9 Å². The fourth-order valence-electron chi connectivity index (χ4n) is 2.21. The average molecular weight is 353 g/mol. The van der Waals surface area contributed by atoms with Gasteiger partial charge in [0.15, 0.2) is 0 Å². The lowest BCUT2D eigenvalue weighted by atomic mass is 10.1. The van der Waals surface area contributed by atoms with Crippen LogP contribution in [0.25, 0.3) is 0 Å². The van der Waals surface area contributed by atoms with Gasteiger partial charge in [-0.15, -0.1) is 0 Å². The fourth-order valence-corrected chi connectivity index (χ4v) is 2.59. The number of hydrogen-bond acceptors (Lipinski definition) is 3. The maximum atomic E-state index is 9.85. The molecule has 1 atom stereocenters. The molecule has 21 heavy (non-hydrogen) atoms. The van der Waals surface area contributed by atoms with Crippen molar-refractivity contribution in [2.24, 2.45) is 0 Å². The van der Waals surface area contributed by atoms with E-state index in [1.54, 1.807) is 6.92 Å². The molecule has 0 bridgehead atoms. The highest BCUT2D eigenvalue weighted by molar-refractivity contribution is 9.10. The smallest absolute Gasteiger partial charge is 0.130 e. The number of aliphatic hydroxyl groups is 1. The van der Waals surface area contributed by atoms with Gasteiger partial charge in [-0.05, 0) is 44.5 Å². The van der Waals surface area contributed by atoms with Gasteiger partial charge in [0.2, 0.25) is 0 Å². The van der Waals surface area contributed by atoms with Gasteiger partial charge in [-0.1, -0.05) is 22.9 Å². The van der Waals surface area contributed by atoms with Crippen LogP contribution in [-0.4, -0.2) is 14.9 Å². The van der Waals surface area contributed by atoms with Gasteiger partial charge in [-0.25, -0.2) is 0 Å². The molecule has 2 aromatic rings. The predicted octanol–water partition coefficient (Wildman–Crippen LogP) is 3.86. The topological polar surface area (TPSA) is 47.3 Å². The average Bonchev–Trinajstić information content (AvgIpc) is 2.88. The first kappa shape index (κ1) is 16.0. The van der Waals surface area contributed by atoms with Gasteiger partial charge in [0, 0.05) is 16.6 Å². The molecule has 1 aromatic heterocycles. The Morgan fingerprint density at radius 1 is 1.33 bits per heavy atom. The molecule has 1 aromatic carbocycles. The van der Waals surface area contributed by atoms with Gasteiger partial charge in [-0.2, -0.15) is 5.10 Å². The molecule has 0 fully saturated rings. The summed E-state index contributed by atoms with van der Waals surface area (Å²) < 4.78 is 8.78. The summed E-state index contributed by atoms with van der Waals surface area (Å²) in [5.74, 6) is 0.704. The minimum Gasteiger partial charge on any atom is -0.487 e. The van der Waals surface area contributed by atoms with Crippen LogP contribution in [0.1, 0.15) is 43.8 Å². The lowest BCUT2D eigenvalue weighted by molar-refractivity contribution is 0.189. The van der Waals surface area contributed by atoms with Gasteiger partial charge < -0.3 is 9.84 Å². The van der Waals surface area contributed by atoms with Crippen LogP contribution in [-0.2, 0) is 19.6 Å². The van der Waals surface area contributed by atoms with Crippen molar-refractivity contribution in [3.05, 3.63) is 45.7 Å². The molecule has 0 amide bonds. The van der Waals surface area contributed by atoms with Gasteiger partial charge in [-0.3, -0.25) is 4.68 Å². The molecule has 0 aliphatic rings. The normalized spacial score (nSPS) is 12.4. The summed E-state index contributed by atoms with van der Waals surface area (Å²) in [5, 5.41) is 14.4. The third-order valence-electron chi connectivity index (χ3n) is 3.37. The van der Waals surface area contributed by atoms with E-state index in [4.69, 9.17) is 4.74 Å². The van der Waals surface area contributed by atoms with Crippen LogP contribution in [0, 0.1) is 0 Å². The van der Waals surface area contributed by atoms with Crippen LogP contribution in [0.3, 0.4) is 0 Å². The third-order valence-corrected chi connectivity index (χ3v) is 3.87. The number of rotatable bonds is 6. The molecule has 0 aliphatic carbocycles. The van der Waals surface area contributed by atoms with Gasteiger partial charge >= 0.3 is 0 Å². The number of ether oxygens (including phenoxy) is 1. The van der Waals surface area contributed by atoms with E-state index in [1.165, 1.54) is 0 Å². The van der Waals surface area contributed by atoms with Gasteiger partial charge in [0.25, 0.3) is 0 Å². The van der Waals surface area contributed by atoms with E-state index in [0.29, 0.717) is 12.4 Å². The van der Waals surface area contributed by atoms with Crippen molar-refractivity contribution in [2.45, 2.75) is 46.4 Å². The van der Waals surface area contributed by atoms with Crippen molar-refractivity contribution < 1.29 is 9.84 Å². The van der Waals surface area contributed by atoms with Crippen LogP contribution in [0.2, 0.25) is 0 Å². The first-order chi connectivity index (χ1) is 10.0. The van der Waals surface area contributed by atoms with E-state index in [0.717, 1.165) is 34.4 Å². The number of hydrogen-bond donors (Lipinski definition) is 1. The van der Waals surface area contributed by atoms with Crippen LogP contribution < -0.4 is 4.74 Å². The van der Waals surface area contributed by atoms with E-state index < -0.39 is 6.10 Å². The molecule has 0 aliphatic heterocycles. The molecule has 0 saturated heterocycles. The summed E-state index contributed by atoms with van der Waals surface area (Å²) in [7, 11) is 0. The van der Waals surface area contributed by atoms with E-state index in [-0.39, 0.29) is 0 Å². The summed E-state index contributed by atoms with van der Waals surface area (Å²) >= 11 is 3.42. The van der Waals surface area contributed by atoms with E-state index in [9.17, 15) is 5.11 Å². The Labute approximate surface area is 133 Å². The Hall–Kier alpha value is -1.33. The highest BCUT2D eigenvalue weighted by Gasteiger charge is 2.12. The first-order valence-corrected chi connectivity index (χ1v) is 8.00. The maximum Gasteiger partial charge on any atom is 0.130 e. The van der Waals surface area contributed by atoms with Crippen molar-refractivity contribution in [1.29, 1.82) is 0 Å². The lowest BCUT2D eigenvalue weighted by Gasteiger charge is -2.14. The summed E-state index contributed by atoms with van der Waals surface area (Å²) in [6, 6.07) is 7.74. The minimum atomic E-state index is -0.570. The summed E-state index contributed by atoms with van der Waals surface area (Å²) in [4.78, 5) is 0. The zero-order valence-electron chi connectivity index (χ0n) is 12.6. The van der Waals surface area contributed by atoms with Crippen molar-refractivity contribution in [3.8, 4) is 5.75 Å². The Bertz CT molecular complexity index is 608. The third kappa shape index (κ3) is 3.86. The van der Waals surface area contributed by atoms with Crippen molar-refractivity contribution in [2.75, 3.05) is 0 Å². The van der Waals surface area contributed by atoms with Crippen molar-refractivity contribution in [1.82, 2.24) is 9.78 Å². The number of nitrogens with zero attached hydrogens (tertiary/aromatic N) is 2. The molecule has 1 N–H and O–H groups in total. The lowest BCUT2D eigenvalue weighted by Crippen LogP contribution is -2.07. The standard InChI is InChI=1S/C16H21BrN2O2/c1-4-13-9-14(19(5-2)18-13)10-21-16-7-6-12(17)8-15(16)11(3)20/h6-9,11,20H,4-5,10H2,1-3H3. The molecule has 1 heterocycles. The van der Waals surface area contributed by atoms with E-state index >= 15 is 0 Å². The van der Waals surface area contributed by atoms with Crippen LogP contribution in [0.15, 0.2) is 28.7 Å². The zero-order chi connectivity index (χ0) is 15.4. The van der Waals surface area contributed by atoms with Crippen molar-refractivity contribution in [3.63, 3.8) is 0 Å². The Balaban J connectivity index is 2.18. The van der Waals surface area contributed by atoms with E-state index in [2.05, 4.69) is 40.9 Å². The summed E-state index contributed by atoms with van der Waals surface area (Å²) in [6.45, 7) is 7.16. The highest BCUT2D eigenvalue weighted by atomic mass is 79.9. The maximum absolute atomic E-state index is 9.85. The largest absolute Gasteiger partial charge is 0.487 e. The molecule has 114 valence electrons. The second-order valence-corrected chi connectivity index (χ2v) is 5.86. The van der Waals surface area contributed by atoms with Crippen LogP contribution >= 0.6 is 15.9 Å². The Morgan fingerprint density at radius 2 is 2.10 bits per heavy atom. The Kier molecular flexibility index (Phi) is 5.42. The number of benzene rings is 1. The number of halogens is 1. The highest BCUT2D eigenvalue weighted by Crippen LogP contribution is 2.29. The SMILES string of the molecule is CCc1cc(COc2ccc(Br)cc2C(C)O)n(CC)n1. The molecule has 2 rings (SSSR count). The molecule has 4 nitrogen and oxygen atoms in total. The van der Waals surface area contributed by atoms with Crippen LogP contribution in [0.5, 0.6) is 5.75 Å². The number of aromatic nitrogens is 2. The fraction of sp³-hybridized carbons (Fsp3) is 0.438. The van der Waals surface area contributed by atoms with Gasteiger partial charge in [0.05, 0.1) is 17.5 Å². The minimum absolute atomic E-state index is 0.447. The molecule has 1 unspecified atom stereocenters. The predicted molar refractivity (Wildman–Crippen MR) is 86.4 cm³/mol. The summed E-state index contributed by atoms with van der Waals surface area (Å²) in [6.07, 6.45) is 0.344. The molecular weight excluding hydrogens is 332 g/mol. The zero-order valence-corrected chi connectivity index (χ0v) is 14.2. The molecular formula is C16H21BrN2O2. The molecule has 0 radical (unpaired) electrons. The summed E-state index contributed by atoms with van der Waals surface area (Å²) in [5.41, 5.74) is 2.90. The monoisotopic (exact) mass is 352 g/mol. The molecule has 0 spiro atoms. The second-order valence-electron chi connectivity index (χ2n) is 4.94. The number of aliphatic hydroxyl groups excluding tert-OH is 1. The van der Waals surface area contributed by atoms with Crippen LogP contribution in [0.4, 0.5) is 0 Å². The molecule has 5 heteroatoms. The quantitative estimate of drug-likeness (QED) is 0.858. The second kappa shape index (κ2) is 7.09. The number of aryl methyl sites for hydroxylation is 2. The molecule has 0 saturated carbocycles.